The lowest BCUT2D eigenvalue weighted by molar-refractivity contribution is -0.118. The molecule has 0 aliphatic heterocycles. The topological polar surface area (TPSA) is 63.5 Å². The summed E-state index contributed by atoms with van der Waals surface area (Å²) in [7, 11) is 1.59. The van der Waals surface area contributed by atoms with Crippen LogP contribution in [0.5, 0.6) is 5.75 Å². The summed E-state index contributed by atoms with van der Waals surface area (Å²) < 4.78 is 10.7. The van der Waals surface area contributed by atoms with E-state index in [1.54, 1.807) is 13.4 Å². The van der Waals surface area contributed by atoms with Crippen molar-refractivity contribution in [2.45, 2.75) is 19.4 Å². The molecule has 0 aliphatic carbocycles. The lowest BCUT2D eigenvalue weighted by Crippen LogP contribution is -2.34. The molecule has 0 fully saturated rings. The third-order valence-electron chi connectivity index (χ3n) is 4.31. The van der Waals surface area contributed by atoms with E-state index in [4.69, 9.17) is 9.15 Å². The molecule has 0 unspecified atom stereocenters. The number of aryl methyl sites for hydroxylation is 1. The van der Waals surface area contributed by atoms with Crippen molar-refractivity contribution in [2.24, 2.45) is 0 Å². The van der Waals surface area contributed by atoms with Crippen LogP contribution in [-0.2, 0) is 11.2 Å². The summed E-state index contributed by atoms with van der Waals surface area (Å²) in [5, 5.41) is 6.33. The van der Waals surface area contributed by atoms with E-state index in [2.05, 4.69) is 10.6 Å². The van der Waals surface area contributed by atoms with Gasteiger partial charge in [0.25, 0.3) is 0 Å². The normalized spacial score (nSPS) is 11.8. The first-order valence-electron chi connectivity index (χ1n) is 8.93. The molecule has 5 heteroatoms. The molecule has 27 heavy (non-hydrogen) atoms. The molecule has 2 N–H and O–H groups in total. The highest BCUT2D eigenvalue weighted by Crippen LogP contribution is 2.26. The van der Waals surface area contributed by atoms with Gasteiger partial charge in [0.2, 0.25) is 5.91 Å². The number of amides is 1. The minimum Gasteiger partial charge on any atom is -0.495 e. The quantitative estimate of drug-likeness (QED) is 0.631. The molecular formula is C22H24N2O3. The first kappa shape index (κ1) is 18.7. The summed E-state index contributed by atoms with van der Waals surface area (Å²) in [6.45, 7) is 2.59. The second-order valence-electron chi connectivity index (χ2n) is 6.32. The Morgan fingerprint density at radius 2 is 1.93 bits per heavy atom. The number of hydrogen-bond donors (Lipinski definition) is 2. The van der Waals surface area contributed by atoms with Crippen LogP contribution in [0.2, 0.25) is 0 Å². The zero-order valence-corrected chi connectivity index (χ0v) is 15.6. The number of anilines is 1. The maximum Gasteiger partial charge on any atom is 0.246 e. The zero-order valence-electron chi connectivity index (χ0n) is 15.6. The Kier molecular flexibility index (Phi) is 6.28. The molecule has 3 rings (SSSR count). The molecular weight excluding hydrogens is 340 g/mol. The van der Waals surface area contributed by atoms with Crippen molar-refractivity contribution in [1.82, 2.24) is 5.32 Å². The number of carbonyl (C=O) groups is 1. The van der Waals surface area contributed by atoms with Crippen LogP contribution in [0, 0.1) is 6.92 Å². The van der Waals surface area contributed by atoms with Crippen LogP contribution >= 0.6 is 0 Å². The van der Waals surface area contributed by atoms with Crippen molar-refractivity contribution in [3.05, 3.63) is 83.8 Å². The molecule has 1 aromatic heterocycles. The van der Waals surface area contributed by atoms with Crippen LogP contribution in [-0.4, -0.2) is 19.6 Å². The molecule has 2 aromatic carbocycles. The number of rotatable bonds is 8. The largest absolute Gasteiger partial charge is 0.495 e. The van der Waals surface area contributed by atoms with Gasteiger partial charge in [-0.15, -0.1) is 0 Å². The Hall–Kier alpha value is -3.05. The average Bonchev–Trinajstić information content (AvgIpc) is 3.19. The predicted molar refractivity (Wildman–Crippen MR) is 106 cm³/mol. The van der Waals surface area contributed by atoms with Crippen LogP contribution < -0.4 is 15.4 Å². The van der Waals surface area contributed by atoms with E-state index in [9.17, 15) is 4.79 Å². The first-order valence-corrected chi connectivity index (χ1v) is 8.93. The molecule has 3 aromatic rings. The number of nitrogens with one attached hydrogen (secondary N) is 2. The van der Waals surface area contributed by atoms with E-state index in [1.807, 2.05) is 67.6 Å². The first-order chi connectivity index (χ1) is 13.2. The van der Waals surface area contributed by atoms with Gasteiger partial charge in [-0.3, -0.25) is 4.79 Å². The summed E-state index contributed by atoms with van der Waals surface area (Å²) >= 11 is 0. The lowest BCUT2D eigenvalue weighted by atomic mass is 10.1. The summed E-state index contributed by atoms with van der Waals surface area (Å²) in [5.41, 5.74) is 2.62. The number of ether oxygens (including phenoxy) is 1. The van der Waals surface area contributed by atoms with E-state index >= 15 is 0 Å². The van der Waals surface area contributed by atoms with E-state index in [0.29, 0.717) is 24.4 Å². The molecule has 1 amide bonds. The van der Waals surface area contributed by atoms with E-state index in [1.165, 1.54) is 0 Å². The number of hydrogen-bond acceptors (Lipinski definition) is 4. The minimum atomic E-state index is -0.480. The Morgan fingerprint density at radius 1 is 1.11 bits per heavy atom. The summed E-state index contributed by atoms with van der Waals surface area (Å²) in [4.78, 5) is 13.0. The Bertz CT molecular complexity index is 861. The van der Waals surface area contributed by atoms with Gasteiger partial charge in [0.05, 0.1) is 19.1 Å². The number of carbonyl (C=O) groups excluding carboxylic acids is 1. The van der Waals surface area contributed by atoms with Gasteiger partial charge in [-0.25, -0.2) is 0 Å². The summed E-state index contributed by atoms with van der Waals surface area (Å²) in [6.07, 6.45) is 2.36. The smallest absolute Gasteiger partial charge is 0.246 e. The van der Waals surface area contributed by atoms with Gasteiger partial charge in [-0.05, 0) is 42.3 Å². The third kappa shape index (κ3) is 4.99. The van der Waals surface area contributed by atoms with Crippen LogP contribution in [0.1, 0.15) is 22.9 Å². The fourth-order valence-corrected chi connectivity index (χ4v) is 2.93. The van der Waals surface area contributed by atoms with Crippen LogP contribution in [0.15, 0.2) is 71.3 Å². The van der Waals surface area contributed by atoms with E-state index in [0.717, 1.165) is 16.9 Å². The van der Waals surface area contributed by atoms with Gasteiger partial charge in [-0.1, -0.05) is 36.4 Å². The molecule has 1 atom stereocenters. The fraction of sp³-hybridized carbons (Fsp3) is 0.227. The van der Waals surface area contributed by atoms with Crippen molar-refractivity contribution in [1.29, 1.82) is 0 Å². The van der Waals surface area contributed by atoms with E-state index < -0.39 is 6.04 Å². The molecule has 0 aliphatic rings. The minimum absolute atomic E-state index is 0.135. The fourth-order valence-electron chi connectivity index (χ4n) is 2.93. The Morgan fingerprint density at radius 3 is 2.63 bits per heavy atom. The summed E-state index contributed by atoms with van der Waals surface area (Å²) in [5.74, 6) is 1.39. The maximum absolute atomic E-state index is 13.0. The lowest BCUT2D eigenvalue weighted by Gasteiger charge is -2.20. The zero-order chi connectivity index (χ0) is 19.1. The molecule has 0 saturated carbocycles. The molecule has 0 bridgehead atoms. The molecule has 140 valence electrons. The molecule has 0 spiro atoms. The van der Waals surface area contributed by atoms with Crippen LogP contribution in [0.4, 0.5) is 5.69 Å². The van der Waals surface area contributed by atoms with Crippen molar-refractivity contribution >= 4 is 11.6 Å². The maximum atomic E-state index is 13.0. The van der Waals surface area contributed by atoms with Crippen molar-refractivity contribution in [3.63, 3.8) is 0 Å². The van der Waals surface area contributed by atoms with Crippen LogP contribution in [0.3, 0.4) is 0 Å². The Labute approximate surface area is 159 Å². The van der Waals surface area contributed by atoms with Crippen molar-refractivity contribution in [3.8, 4) is 5.75 Å². The van der Waals surface area contributed by atoms with E-state index in [-0.39, 0.29) is 5.91 Å². The monoisotopic (exact) mass is 364 g/mol. The van der Waals surface area contributed by atoms with Crippen LogP contribution in [0.25, 0.3) is 0 Å². The Balaban J connectivity index is 1.75. The second-order valence-corrected chi connectivity index (χ2v) is 6.32. The molecule has 5 nitrogen and oxygen atoms in total. The number of methoxy groups -OCH3 is 1. The highest BCUT2D eigenvalue weighted by Gasteiger charge is 2.21. The number of furan rings is 1. The van der Waals surface area contributed by atoms with Gasteiger partial charge >= 0.3 is 0 Å². The molecule has 0 radical (unpaired) electrons. The number of benzene rings is 2. The van der Waals surface area contributed by atoms with Crippen molar-refractivity contribution in [2.75, 3.05) is 19.0 Å². The SMILES string of the molecule is COc1ccc(C)cc1NC(=O)[C@H](NCCc1ccco1)c1ccccc1. The highest BCUT2D eigenvalue weighted by molar-refractivity contribution is 5.96. The van der Waals surface area contributed by atoms with Gasteiger partial charge < -0.3 is 19.8 Å². The van der Waals surface area contributed by atoms with Gasteiger partial charge in [-0.2, -0.15) is 0 Å². The third-order valence-corrected chi connectivity index (χ3v) is 4.31. The molecule has 1 heterocycles. The van der Waals surface area contributed by atoms with Gasteiger partial charge in [0.15, 0.2) is 0 Å². The predicted octanol–water partition coefficient (Wildman–Crippen LogP) is 4.11. The average molecular weight is 364 g/mol. The molecule has 0 saturated heterocycles. The summed E-state index contributed by atoms with van der Waals surface area (Å²) in [6, 6.07) is 18.7. The second kappa shape index (κ2) is 9.05. The highest BCUT2D eigenvalue weighted by atomic mass is 16.5. The van der Waals surface area contributed by atoms with Crippen molar-refractivity contribution < 1.29 is 13.9 Å². The van der Waals surface area contributed by atoms with Gasteiger partial charge in [0, 0.05) is 13.0 Å². The van der Waals surface area contributed by atoms with Gasteiger partial charge in [0.1, 0.15) is 17.6 Å². The standard InChI is InChI=1S/C22H24N2O3/c1-16-10-11-20(26-2)19(15-16)24-22(25)21(17-7-4-3-5-8-17)23-13-12-18-9-6-14-27-18/h3-11,14-15,21,23H,12-13H2,1-2H3,(H,24,25)/t21-/m1/s1.